The van der Waals surface area contributed by atoms with E-state index in [1.165, 1.54) is 0 Å². The Morgan fingerprint density at radius 1 is 1.00 bits per heavy atom. The second-order valence-electron chi connectivity index (χ2n) is 7.55. The summed E-state index contributed by atoms with van der Waals surface area (Å²) in [6.45, 7) is 1.27. The largest absolute Gasteiger partial charge is 0.616 e. The number of nitrogens with zero attached hydrogens (tertiary/aromatic N) is 1. The molecule has 3 aromatic rings. The maximum Gasteiger partial charge on any atom is 0.262 e. The van der Waals surface area contributed by atoms with E-state index in [2.05, 4.69) is 10.2 Å². The summed E-state index contributed by atoms with van der Waals surface area (Å²) >= 11 is 5.37. The summed E-state index contributed by atoms with van der Waals surface area (Å²) in [6.07, 6.45) is 0. The second-order valence-corrected chi connectivity index (χ2v) is 9.69. The molecule has 1 aliphatic heterocycles. The van der Waals surface area contributed by atoms with Crippen LogP contribution >= 0.6 is 11.6 Å². The van der Waals surface area contributed by atoms with Crippen molar-refractivity contribution >= 4 is 45.8 Å². The molecule has 170 valence electrons. The third kappa shape index (κ3) is 6.07. The molecule has 33 heavy (non-hydrogen) atoms. The predicted octanol–water partition coefficient (Wildman–Crippen LogP) is 4.16. The van der Waals surface area contributed by atoms with Gasteiger partial charge < -0.3 is 19.5 Å². The zero-order valence-electron chi connectivity index (χ0n) is 17.8. The van der Waals surface area contributed by atoms with Gasteiger partial charge in [0.15, 0.2) is 12.4 Å². The van der Waals surface area contributed by atoms with Crippen LogP contribution in [0.25, 0.3) is 0 Å². The van der Waals surface area contributed by atoms with Crippen LogP contribution in [0.15, 0.2) is 72.8 Å². The van der Waals surface area contributed by atoms with Crippen molar-refractivity contribution in [1.29, 1.82) is 0 Å². The average molecular weight is 483 g/mol. The summed E-state index contributed by atoms with van der Waals surface area (Å²) in [7, 11) is 0. The number of benzene rings is 3. The first-order valence-corrected chi connectivity index (χ1v) is 12.4. The summed E-state index contributed by atoms with van der Waals surface area (Å²) in [4.78, 5) is 27.5. The topological polar surface area (TPSA) is 81.7 Å². The van der Waals surface area contributed by atoms with Gasteiger partial charge in [0.25, 0.3) is 5.91 Å². The lowest BCUT2D eigenvalue weighted by atomic mass is 10.0. The van der Waals surface area contributed by atoms with Crippen LogP contribution in [0.3, 0.4) is 0 Å². The lowest BCUT2D eigenvalue weighted by Crippen LogP contribution is -2.40. The fourth-order valence-corrected chi connectivity index (χ4v) is 4.77. The first kappa shape index (κ1) is 23.2. The highest BCUT2D eigenvalue weighted by Gasteiger charge is 2.20. The normalized spacial score (nSPS) is 14.1. The number of hydrogen-bond donors (Lipinski definition) is 1. The zero-order chi connectivity index (χ0) is 23.2. The maximum atomic E-state index is 12.9. The number of amides is 1. The van der Waals surface area contributed by atoms with E-state index in [0.29, 0.717) is 39.1 Å². The van der Waals surface area contributed by atoms with E-state index in [1.54, 1.807) is 42.5 Å². The third-order valence-corrected chi connectivity index (χ3v) is 6.79. The summed E-state index contributed by atoms with van der Waals surface area (Å²) in [5, 5.41) is 3.21. The molecular formula is C25H23ClN2O4S. The fourth-order valence-electron chi connectivity index (χ4n) is 3.54. The van der Waals surface area contributed by atoms with E-state index in [-0.39, 0.29) is 18.3 Å². The highest BCUT2D eigenvalue weighted by atomic mass is 35.5. The number of anilines is 2. The Morgan fingerprint density at radius 2 is 1.70 bits per heavy atom. The molecule has 0 radical (unpaired) electrons. The van der Waals surface area contributed by atoms with Gasteiger partial charge in [-0.3, -0.25) is 9.59 Å². The van der Waals surface area contributed by atoms with Crippen molar-refractivity contribution in [3.8, 4) is 5.75 Å². The Kier molecular flexibility index (Phi) is 7.54. The van der Waals surface area contributed by atoms with Crippen LogP contribution in [0.1, 0.15) is 15.9 Å². The number of carbonyl (C=O) groups is 2. The maximum absolute atomic E-state index is 12.9. The van der Waals surface area contributed by atoms with Crippen LogP contribution in [0.5, 0.6) is 5.75 Å². The van der Waals surface area contributed by atoms with Gasteiger partial charge in [0.1, 0.15) is 17.3 Å². The lowest BCUT2D eigenvalue weighted by Gasteiger charge is -2.30. The molecule has 0 aromatic heterocycles. The van der Waals surface area contributed by atoms with Gasteiger partial charge in [0.2, 0.25) is 0 Å². The number of hydrogen-bond acceptors (Lipinski definition) is 5. The minimum Gasteiger partial charge on any atom is -0.616 e. The van der Waals surface area contributed by atoms with E-state index in [1.807, 2.05) is 30.3 Å². The molecule has 0 saturated carbocycles. The molecule has 1 heterocycles. The van der Waals surface area contributed by atoms with E-state index in [0.717, 1.165) is 18.8 Å². The molecule has 0 aliphatic carbocycles. The van der Waals surface area contributed by atoms with Gasteiger partial charge in [-0.2, -0.15) is 0 Å². The van der Waals surface area contributed by atoms with Crippen molar-refractivity contribution in [3.05, 3.63) is 88.9 Å². The molecule has 0 atom stereocenters. The van der Waals surface area contributed by atoms with Gasteiger partial charge in [-0.05, 0) is 42.5 Å². The van der Waals surface area contributed by atoms with E-state index < -0.39 is 11.2 Å². The molecule has 1 amide bonds. The van der Waals surface area contributed by atoms with E-state index in [4.69, 9.17) is 16.3 Å². The van der Waals surface area contributed by atoms with Gasteiger partial charge in [0.05, 0.1) is 18.7 Å². The van der Waals surface area contributed by atoms with Crippen molar-refractivity contribution in [2.45, 2.75) is 0 Å². The fraction of sp³-hybridized carbons (Fsp3) is 0.200. The second kappa shape index (κ2) is 10.7. The first-order chi connectivity index (χ1) is 16.0. The van der Waals surface area contributed by atoms with Crippen molar-refractivity contribution in [2.24, 2.45) is 0 Å². The number of carbonyl (C=O) groups excluding carboxylic acids is 2. The monoisotopic (exact) mass is 482 g/mol. The first-order valence-electron chi connectivity index (χ1n) is 10.5. The van der Waals surface area contributed by atoms with Gasteiger partial charge in [-0.15, -0.1) is 0 Å². The Hall–Kier alpha value is -3.00. The Balaban J connectivity index is 1.37. The lowest BCUT2D eigenvalue weighted by molar-refractivity contribution is -0.118. The van der Waals surface area contributed by atoms with Crippen LogP contribution in [0.4, 0.5) is 11.4 Å². The molecule has 1 aliphatic rings. The number of rotatable bonds is 7. The Morgan fingerprint density at radius 3 is 2.39 bits per heavy atom. The van der Waals surface area contributed by atoms with Crippen molar-refractivity contribution in [2.75, 3.05) is 41.4 Å². The van der Waals surface area contributed by atoms with Crippen molar-refractivity contribution in [3.63, 3.8) is 0 Å². The van der Waals surface area contributed by atoms with Gasteiger partial charge in [-0.25, -0.2) is 0 Å². The zero-order valence-corrected chi connectivity index (χ0v) is 19.4. The number of ether oxygens (including phenoxy) is 1. The molecule has 1 fully saturated rings. The molecule has 1 saturated heterocycles. The van der Waals surface area contributed by atoms with E-state index in [9.17, 15) is 14.1 Å². The van der Waals surface area contributed by atoms with Crippen LogP contribution in [-0.4, -0.2) is 47.4 Å². The van der Waals surface area contributed by atoms with Crippen LogP contribution < -0.4 is 15.0 Å². The van der Waals surface area contributed by atoms with Crippen LogP contribution in [-0.2, 0) is 16.0 Å². The minimum atomic E-state index is -0.723. The molecule has 0 bridgehead atoms. The third-order valence-electron chi connectivity index (χ3n) is 5.27. The van der Waals surface area contributed by atoms with Gasteiger partial charge in [-0.1, -0.05) is 53.1 Å². The highest BCUT2D eigenvalue weighted by Crippen LogP contribution is 2.26. The Labute approximate surface area is 200 Å². The summed E-state index contributed by atoms with van der Waals surface area (Å²) in [5.41, 5.74) is 2.48. The molecular weight excluding hydrogens is 460 g/mol. The van der Waals surface area contributed by atoms with Crippen LogP contribution in [0, 0.1) is 0 Å². The van der Waals surface area contributed by atoms with Gasteiger partial charge in [0, 0.05) is 22.0 Å². The molecule has 4 rings (SSSR count). The average Bonchev–Trinajstić information content (AvgIpc) is 2.84. The van der Waals surface area contributed by atoms with E-state index >= 15 is 0 Å². The summed E-state index contributed by atoms with van der Waals surface area (Å²) in [5.74, 6) is 1.07. The highest BCUT2D eigenvalue weighted by molar-refractivity contribution is 7.91. The molecule has 8 heteroatoms. The molecule has 6 nitrogen and oxygen atoms in total. The van der Waals surface area contributed by atoms with Crippen molar-refractivity contribution in [1.82, 2.24) is 0 Å². The molecule has 0 spiro atoms. The number of halogens is 1. The molecule has 3 aromatic carbocycles. The molecule has 0 unspecified atom stereocenters. The minimum absolute atomic E-state index is 0.231. The summed E-state index contributed by atoms with van der Waals surface area (Å²) < 4.78 is 17.2. The number of ketones is 1. The smallest absolute Gasteiger partial charge is 0.262 e. The summed E-state index contributed by atoms with van der Waals surface area (Å²) in [6, 6.07) is 21.1. The number of nitrogens with one attached hydrogen (secondary N) is 1. The predicted molar refractivity (Wildman–Crippen MR) is 132 cm³/mol. The Bertz CT molecular complexity index is 1120. The van der Waals surface area contributed by atoms with Gasteiger partial charge >= 0.3 is 0 Å². The van der Waals surface area contributed by atoms with Crippen molar-refractivity contribution < 1.29 is 18.9 Å². The SMILES string of the molecule is O=C(COc1ccc(Cl)cc1C(=O)c1ccccc1)Nc1ccc(N2CC[S+]([O-])CC2)cc1. The molecule has 1 N–H and O–H groups in total. The van der Waals surface area contributed by atoms with Crippen LogP contribution in [0.2, 0.25) is 5.02 Å². The standard InChI is InChI=1S/C25H23ClN2O4S/c26-19-6-11-23(22(16-19)25(30)18-4-2-1-3-5-18)32-17-24(29)27-20-7-9-21(10-8-20)28-12-14-33(31)15-13-28/h1-11,16H,12-15,17H2,(H,27,29). The quantitative estimate of drug-likeness (QED) is 0.404.